The highest BCUT2D eigenvalue weighted by Gasteiger charge is 2.37. The molecule has 0 saturated carbocycles. The molecule has 0 amide bonds. The van der Waals surface area contributed by atoms with Crippen LogP contribution in [0.3, 0.4) is 0 Å². The molecule has 0 aliphatic carbocycles. The first-order valence-electron chi connectivity index (χ1n) is 18.7. The van der Waals surface area contributed by atoms with E-state index in [0.29, 0.717) is 46.3 Å². The lowest BCUT2D eigenvalue weighted by atomic mass is 9.99. The lowest BCUT2D eigenvalue weighted by Gasteiger charge is -2.21. The lowest BCUT2D eigenvalue weighted by Crippen LogP contribution is -2.12. The third-order valence-corrected chi connectivity index (χ3v) is 10.4. The molecule has 0 N–H and O–H groups in total. The van der Waals surface area contributed by atoms with Gasteiger partial charge in [0.25, 0.3) is 0 Å². The molecule has 282 valence electrons. The van der Waals surface area contributed by atoms with Crippen molar-refractivity contribution in [1.82, 2.24) is 44.0 Å². The van der Waals surface area contributed by atoms with E-state index in [0.717, 1.165) is 60.8 Å². The lowest BCUT2D eigenvalue weighted by molar-refractivity contribution is -0.137. The normalized spacial score (nSPS) is 12.1. The monoisotopic (exact) mass is 767 g/mol. The van der Waals surface area contributed by atoms with E-state index >= 15 is 13.2 Å². The topological polar surface area (TPSA) is 100 Å². The predicted molar refractivity (Wildman–Crippen MR) is 220 cm³/mol. The Morgan fingerprint density at radius 2 is 0.914 bits per heavy atom. The first kappa shape index (κ1) is 35.1. The maximum absolute atomic E-state index is 15.5. The molecule has 0 aliphatic rings. The van der Waals surface area contributed by atoms with Crippen molar-refractivity contribution >= 4 is 43.6 Å². The summed E-state index contributed by atoms with van der Waals surface area (Å²) < 4.78 is 50.3. The van der Waals surface area contributed by atoms with Crippen molar-refractivity contribution in [3.63, 3.8) is 0 Å². The van der Waals surface area contributed by atoms with E-state index in [1.807, 2.05) is 128 Å². The number of pyridine rings is 1. The second-order valence-electron chi connectivity index (χ2n) is 14.2. The summed E-state index contributed by atoms with van der Waals surface area (Å²) in [6, 6.07) is 35.2. The van der Waals surface area contributed by atoms with Crippen molar-refractivity contribution in [1.29, 1.82) is 0 Å². The highest BCUT2D eigenvalue weighted by atomic mass is 19.4. The quantitative estimate of drug-likeness (QED) is 0.172. The molecule has 0 unspecified atom stereocenters. The summed E-state index contributed by atoms with van der Waals surface area (Å²) in [4.78, 5) is 31.8. The van der Waals surface area contributed by atoms with Gasteiger partial charge in [0.2, 0.25) is 0 Å². The van der Waals surface area contributed by atoms with Gasteiger partial charge < -0.3 is 9.13 Å². The molecule has 9 nitrogen and oxygen atoms in total. The summed E-state index contributed by atoms with van der Waals surface area (Å²) in [7, 11) is 0. The molecule has 0 spiro atoms. The minimum atomic E-state index is -4.71. The number of halogens is 3. The van der Waals surface area contributed by atoms with E-state index in [-0.39, 0.29) is 11.3 Å². The Bertz CT molecular complexity index is 3250. The third-order valence-electron chi connectivity index (χ3n) is 10.4. The van der Waals surface area contributed by atoms with Gasteiger partial charge >= 0.3 is 6.18 Å². The summed E-state index contributed by atoms with van der Waals surface area (Å²) in [5, 5.41) is 3.52. The number of rotatable bonds is 5. The van der Waals surface area contributed by atoms with Crippen LogP contribution in [0, 0.1) is 27.7 Å². The van der Waals surface area contributed by atoms with E-state index in [1.54, 1.807) is 18.3 Å². The fourth-order valence-electron chi connectivity index (χ4n) is 8.21. The minimum Gasteiger partial charge on any atom is -0.309 e. The predicted octanol–water partition coefficient (Wildman–Crippen LogP) is 10.9. The maximum atomic E-state index is 15.5. The Labute approximate surface area is 329 Å². The molecule has 0 bridgehead atoms. The number of alkyl halides is 3. The summed E-state index contributed by atoms with van der Waals surface area (Å²) in [5.41, 5.74) is 4.81. The number of fused-ring (bicyclic) bond motifs is 6. The molecule has 0 atom stereocenters. The van der Waals surface area contributed by atoms with Crippen LogP contribution in [0.1, 0.15) is 28.9 Å². The zero-order valence-corrected chi connectivity index (χ0v) is 31.7. The average molecular weight is 768 g/mol. The smallest absolute Gasteiger partial charge is 0.309 e. The van der Waals surface area contributed by atoms with Crippen LogP contribution in [0.2, 0.25) is 0 Å². The molecule has 10 aromatic rings. The first-order chi connectivity index (χ1) is 28.0. The minimum absolute atomic E-state index is 0.0419. The summed E-state index contributed by atoms with van der Waals surface area (Å²) in [6.07, 6.45) is -3.17. The van der Waals surface area contributed by atoms with Crippen molar-refractivity contribution in [2.24, 2.45) is 0 Å². The molecule has 0 saturated heterocycles. The molecular weight excluding hydrogens is 736 g/mol. The number of nitrogens with zero attached hydrogens (tertiary/aromatic N) is 9. The van der Waals surface area contributed by atoms with Gasteiger partial charge in [-0.15, -0.1) is 0 Å². The summed E-state index contributed by atoms with van der Waals surface area (Å²) in [5.74, 6) is 3.49. The van der Waals surface area contributed by atoms with Crippen molar-refractivity contribution in [2.75, 3.05) is 0 Å². The van der Waals surface area contributed by atoms with Crippen LogP contribution in [0.25, 0.3) is 89.0 Å². The van der Waals surface area contributed by atoms with Crippen LogP contribution < -0.4 is 0 Å². The van der Waals surface area contributed by atoms with Crippen LogP contribution in [-0.2, 0) is 6.18 Å². The number of para-hydroxylation sites is 2. The molecular formula is C46H32F3N9. The van der Waals surface area contributed by atoms with Crippen molar-refractivity contribution < 1.29 is 13.2 Å². The molecule has 5 aromatic carbocycles. The van der Waals surface area contributed by atoms with Gasteiger partial charge in [-0.3, -0.25) is 4.98 Å². The zero-order valence-electron chi connectivity index (χ0n) is 31.7. The number of benzene rings is 5. The van der Waals surface area contributed by atoms with Crippen LogP contribution in [0.5, 0.6) is 0 Å². The number of aromatic nitrogens is 9. The second-order valence-corrected chi connectivity index (χ2v) is 14.2. The largest absolute Gasteiger partial charge is 0.417 e. The van der Waals surface area contributed by atoms with E-state index < -0.39 is 11.7 Å². The Hall–Kier alpha value is -7.34. The molecule has 12 heteroatoms. The summed E-state index contributed by atoms with van der Waals surface area (Å²) in [6.45, 7) is 7.29. The van der Waals surface area contributed by atoms with Gasteiger partial charge in [0.05, 0.1) is 44.7 Å². The van der Waals surface area contributed by atoms with Gasteiger partial charge in [0, 0.05) is 44.4 Å². The van der Waals surface area contributed by atoms with Gasteiger partial charge in [-0.25, -0.2) is 29.9 Å². The van der Waals surface area contributed by atoms with E-state index in [4.69, 9.17) is 4.98 Å². The first-order valence-corrected chi connectivity index (χ1v) is 18.7. The number of hydrogen-bond donors (Lipinski definition) is 0. The van der Waals surface area contributed by atoms with Crippen molar-refractivity contribution in [2.45, 2.75) is 33.9 Å². The Balaban J connectivity index is 1.25. The Kier molecular flexibility index (Phi) is 7.94. The number of hydrogen-bond acceptors (Lipinski definition) is 7. The molecule has 0 aliphatic heterocycles. The maximum Gasteiger partial charge on any atom is 0.417 e. The van der Waals surface area contributed by atoms with Crippen LogP contribution >= 0.6 is 0 Å². The fourth-order valence-corrected chi connectivity index (χ4v) is 8.21. The molecule has 0 radical (unpaired) electrons. The Morgan fingerprint density at radius 1 is 0.448 bits per heavy atom. The fraction of sp³-hybridized carbons (Fsp3) is 0.109. The SMILES string of the molecule is Cc1nc(C)nc(-c2ccc3c(c2)c2ccccc2n3-c2cccnc2-c2c(-n3c4ccccc4c4cc(-c5nc(C)nc(C)n5)ccc43)cccc2C(F)(F)F)n1. The average Bonchev–Trinajstić information content (AvgIpc) is 3.71. The molecule has 58 heavy (non-hydrogen) atoms. The summed E-state index contributed by atoms with van der Waals surface area (Å²) >= 11 is 0. The van der Waals surface area contributed by atoms with Gasteiger partial charge in [0.15, 0.2) is 11.6 Å². The van der Waals surface area contributed by atoms with Crippen LogP contribution in [0.15, 0.2) is 121 Å². The second kappa shape index (κ2) is 13.1. The molecule has 5 aromatic heterocycles. The van der Waals surface area contributed by atoms with Crippen LogP contribution in [-0.4, -0.2) is 44.0 Å². The molecule has 10 rings (SSSR count). The van der Waals surface area contributed by atoms with Gasteiger partial charge in [-0.2, -0.15) is 13.2 Å². The van der Waals surface area contributed by atoms with E-state index in [9.17, 15) is 0 Å². The van der Waals surface area contributed by atoms with Gasteiger partial charge in [-0.05, 0) is 100 Å². The third kappa shape index (κ3) is 5.67. The van der Waals surface area contributed by atoms with Gasteiger partial charge in [0.1, 0.15) is 23.3 Å². The zero-order chi connectivity index (χ0) is 39.9. The van der Waals surface area contributed by atoms with E-state index in [2.05, 4.69) is 29.9 Å². The van der Waals surface area contributed by atoms with Crippen molar-refractivity contribution in [3.05, 3.63) is 150 Å². The van der Waals surface area contributed by atoms with Crippen molar-refractivity contribution in [3.8, 4) is 45.4 Å². The van der Waals surface area contributed by atoms with E-state index in [1.165, 1.54) is 6.07 Å². The molecule has 0 fully saturated rings. The number of aryl methyl sites for hydroxylation is 4. The highest BCUT2D eigenvalue weighted by molar-refractivity contribution is 6.12. The standard InChI is InChI=1S/C46H32F3N9/c1-25-51-26(2)54-44(53-25)29-18-20-38-33(23-29)31-11-5-7-14-36(31)57(38)40-16-9-13-35(46(47,48)49)42(40)43-41(17-10-22-50-43)58-37-15-8-6-12-32(37)34-24-30(19-21-39(34)58)45-55-27(3)52-28(4)56-45/h5-24H,1-4H3. The molecule has 5 heterocycles. The van der Waals surface area contributed by atoms with Gasteiger partial charge in [-0.1, -0.05) is 42.5 Å². The highest BCUT2D eigenvalue weighted by Crippen LogP contribution is 2.45. The Morgan fingerprint density at radius 3 is 1.43 bits per heavy atom. The van der Waals surface area contributed by atoms with Crippen LogP contribution in [0.4, 0.5) is 13.2 Å².